The van der Waals surface area contributed by atoms with E-state index in [2.05, 4.69) is 12.2 Å². The number of hydrogen-bond acceptors (Lipinski definition) is 2. The first-order chi connectivity index (χ1) is 15.2. The molecular formula is C28H49NO2. The molecule has 1 aromatic carbocycles. The molecule has 3 nitrogen and oxygen atoms in total. The zero-order chi connectivity index (χ0) is 22.4. The zero-order valence-corrected chi connectivity index (χ0v) is 20.3. The van der Waals surface area contributed by atoms with Gasteiger partial charge in [-0.3, -0.25) is 4.79 Å². The summed E-state index contributed by atoms with van der Waals surface area (Å²) in [4.78, 5) is 12.0. The lowest BCUT2D eigenvalue weighted by molar-refractivity contribution is 0.0953. The van der Waals surface area contributed by atoms with Crippen LogP contribution in [0.3, 0.4) is 0 Å². The molecule has 0 aromatic heterocycles. The Morgan fingerprint density at radius 2 is 0.968 bits per heavy atom. The van der Waals surface area contributed by atoms with E-state index in [1.54, 1.807) is 24.3 Å². The topological polar surface area (TPSA) is 49.3 Å². The van der Waals surface area contributed by atoms with Crippen LogP contribution in [-0.2, 0) is 0 Å². The third-order valence-electron chi connectivity index (χ3n) is 6.20. The molecule has 1 rings (SSSR count). The van der Waals surface area contributed by atoms with Crippen molar-refractivity contribution < 1.29 is 9.90 Å². The number of carbonyl (C=O) groups is 1. The maximum absolute atomic E-state index is 12.0. The van der Waals surface area contributed by atoms with Gasteiger partial charge in [0.05, 0.1) is 0 Å². The highest BCUT2D eigenvalue weighted by atomic mass is 16.3. The SMILES string of the molecule is CCCCCCCCCCCCCCCCCCCCCNC(=O)c1ccc(O)cc1. The molecule has 0 heterocycles. The Morgan fingerprint density at radius 3 is 1.35 bits per heavy atom. The van der Waals surface area contributed by atoms with Gasteiger partial charge in [-0.1, -0.05) is 122 Å². The molecule has 0 saturated carbocycles. The van der Waals surface area contributed by atoms with E-state index in [9.17, 15) is 9.90 Å². The van der Waals surface area contributed by atoms with Gasteiger partial charge in [-0.25, -0.2) is 0 Å². The summed E-state index contributed by atoms with van der Waals surface area (Å²) in [5.74, 6) is 0.137. The number of nitrogens with one attached hydrogen (secondary N) is 1. The highest BCUT2D eigenvalue weighted by molar-refractivity contribution is 5.94. The number of rotatable bonds is 21. The van der Waals surface area contributed by atoms with Crippen molar-refractivity contribution in [1.82, 2.24) is 5.32 Å². The van der Waals surface area contributed by atoms with E-state index >= 15 is 0 Å². The molecule has 1 aromatic rings. The standard InChI is InChI=1S/C28H49NO2/c1-2-3-4-5-6-7-8-9-10-11-12-13-14-15-16-17-18-19-20-25-29-28(31)26-21-23-27(30)24-22-26/h21-24,30H,2-20,25H2,1H3,(H,29,31). The van der Waals surface area contributed by atoms with Gasteiger partial charge in [0.25, 0.3) is 5.91 Å². The minimum absolute atomic E-state index is 0.0533. The Kier molecular flexibility index (Phi) is 18.1. The molecule has 2 N–H and O–H groups in total. The fourth-order valence-electron chi connectivity index (χ4n) is 4.12. The van der Waals surface area contributed by atoms with Gasteiger partial charge in [-0.15, -0.1) is 0 Å². The summed E-state index contributed by atoms with van der Waals surface area (Å²) in [5.41, 5.74) is 0.607. The third kappa shape index (κ3) is 16.8. The lowest BCUT2D eigenvalue weighted by Gasteiger charge is -2.06. The van der Waals surface area contributed by atoms with Gasteiger partial charge < -0.3 is 10.4 Å². The van der Waals surface area contributed by atoms with Crippen LogP contribution >= 0.6 is 0 Å². The molecule has 0 bridgehead atoms. The summed E-state index contributed by atoms with van der Waals surface area (Å²) in [6.07, 6.45) is 26.2. The van der Waals surface area contributed by atoms with Crippen LogP contribution < -0.4 is 5.32 Å². The number of phenols is 1. The number of benzene rings is 1. The molecule has 0 aliphatic rings. The normalized spacial score (nSPS) is 11.0. The van der Waals surface area contributed by atoms with Crippen molar-refractivity contribution in [3.05, 3.63) is 29.8 Å². The van der Waals surface area contributed by atoms with Crippen LogP contribution in [0.25, 0.3) is 0 Å². The highest BCUT2D eigenvalue weighted by Gasteiger charge is 2.04. The molecular weight excluding hydrogens is 382 g/mol. The minimum atomic E-state index is -0.0533. The van der Waals surface area contributed by atoms with Crippen LogP contribution in [0.5, 0.6) is 5.75 Å². The first-order valence-electron chi connectivity index (χ1n) is 13.3. The quantitative estimate of drug-likeness (QED) is 0.191. The fourth-order valence-corrected chi connectivity index (χ4v) is 4.12. The maximum atomic E-state index is 12.0. The second kappa shape index (κ2) is 20.4. The molecule has 0 radical (unpaired) electrons. The Labute approximate surface area is 192 Å². The lowest BCUT2D eigenvalue weighted by Crippen LogP contribution is -2.24. The molecule has 0 saturated heterocycles. The number of phenolic OH excluding ortho intramolecular Hbond substituents is 1. The summed E-state index contributed by atoms with van der Waals surface area (Å²) in [7, 11) is 0. The smallest absolute Gasteiger partial charge is 0.251 e. The first-order valence-corrected chi connectivity index (χ1v) is 13.3. The van der Waals surface area contributed by atoms with Crippen molar-refractivity contribution >= 4 is 5.91 Å². The summed E-state index contributed by atoms with van der Waals surface area (Å²) in [6.45, 7) is 3.02. The van der Waals surface area contributed by atoms with Crippen molar-refractivity contribution in [2.75, 3.05) is 6.54 Å². The maximum Gasteiger partial charge on any atom is 0.251 e. The van der Waals surface area contributed by atoms with Gasteiger partial charge in [-0.05, 0) is 30.7 Å². The van der Waals surface area contributed by atoms with Crippen LogP contribution in [0.2, 0.25) is 0 Å². The van der Waals surface area contributed by atoms with Crippen LogP contribution in [0.4, 0.5) is 0 Å². The molecule has 0 aliphatic heterocycles. The molecule has 3 heteroatoms. The Morgan fingerprint density at radius 1 is 0.613 bits per heavy atom. The molecule has 0 unspecified atom stereocenters. The van der Waals surface area contributed by atoms with Crippen molar-refractivity contribution in [3.8, 4) is 5.75 Å². The predicted molar refractivity (Wildman–Crippen MR) is 134 cm³/mol. The Balaban J connectivity index is 1.74. The monoisotopic (exact) mass is 431 g/mol. The average Bonchev–Trinajstić information content (AvgIpc) is 2.78. The van der Waals surface area contributed by atoms with Gasteiger partial charge in [-0.2, -0.15) is 0 Å². The van der Waals surface area contributed by atoms with Crippen molar-refractivity contribution in [2.45, 2.75) is 129 Å². The zero-order valence-electron chi connectivity index (χ0n) is 20.3. The van der Waals surface area contributed by atoms with E-state index < -0.39 is 0 Å². The van der Waals surface area contributed by atoms with Crippen molar-refractivity contribution in [2.24, 2.45) is 0 Å². The van der Waals surface area contributed by atoms with Gasteiger partial charge in [0.1, 0.15) is 5.75 Å². The van der Waals surface area contributed by atoms with Crippen LogP contribution in [-0.4, -0.2) is 17.6 Å². The highest BCUT2D eigenvalue weighted by Crippen LogP contribution is 2.14. The summed E-state index contributed by atoms with van der Waals surface area (Å²) in [5, 5.41) is 12.2. The fraction of sp³-hybridized carbons (Fsp3) is 0.750. The third-order valence-corrected chi connectivity index (χ3v) is 6.20. The summed E-state index contributed by atoms with van der Waals surface area (Å²) in [6, 6.07) is 6.40. The second-order valence-electron chi connectivity index (χ2n) is 9.17. The average molecular weight is 432 g/mol. The molecule has 0 atom stereocenters. The molecule has 31 heavy (non-hydrogen) atoms. The van der Waals surface area contributed by atoms with Crippen LogP contribution in [0.15, 0.2) is 24.3 Å². The Bertz CT molecular complexity index is 526. The van der Waals surface area contributed by atoms with E-state index in [1.165, 1.54) is 116 Å². The van der Waals surface area contributed by atoms with Crippen molar-refractivity contribution in [3.63, 3.8) is 0 Å². The molecule has 0 aliphatic carbocycles. The molecule has 0 spiro atoms. The molecule has 1 amide bonds. The minimum Gasteiger partial charge on any atom is -0.508 e. The first kappa shape index (κ1) is 27.5. The van der Waals surface area contributed by atoms with E-state index in [-0.39, 0.29) is 11.7 Å². The molecule has 0 fully saturated rings. The van der Waals surface area contributed by atoms with Gasteiger partial charge in [0, 0.05) is 12.1 Å². The number of amides is 1. The Hall–Kier alpha value is -1.51. The van der Waals surface area contributed by atoms with Crippen LogP contribution in [0, 0.1) is 0 Å². The van der Waals surface area contributed by atoms with E-state index in [0.717, 1.165) is 13.0 Å². The number of aromatic hydroxyl groups is 1. The van der Waals surface area contributed by atoms with Gasteiger partial charge in [0.2, 0.25) is 0 Å². The van der Waals surface area contributed by atoms with Gasteiger partial charge >= 0.3 is 0 Å². The number of carbonyl (C=O) groups excluding carboxylic acids is 1. The van der Waals surface area contributed by atoms with E-state index in [1.807, 2.05) is 0 Å². The second-order valence-corrected chi connectivity index (χ2v) is 9.17. The predicted octanol–water partition coefficient (Wildman–Crippen LogP) is 8.55. The summed E-state index contributed by atoms with van der Waals surface area (Å²) < 4.78 is 0. The van der Waals surface area contributed by atoms with E-state index in [0.29, 0.717) is 5.56 Å². The van der Waals surface area contributed by atoms with E-state index in [4.69, 9.17) is 0 Å². The van der Waals surface area contributed by atoms with Gasteiger partial charge in [0.15, 0.2) is 0 Å². The number of unbranched alkanes of at least 4 members (excludes halogenated alkanes) is 18. The van der Waals surface area contributed by atoms with Crippen molar-refractivity contribution in [1.29, 1.82) is 0 Å². The van der Waals surface area contributed by atoms with Crippen LogP contribution in [0.1, 0.15) is 139 Å². The number of hydrogen-bond donors (Lipinski definition) is 2. The molecule has 178 valence electrons. The largest absolute Gasteiger partial charge is 0.508 e. The lowest BCUT2D eigenvalue weighted by atomic mass is 10.0. The summed E-state index contributed by atoms with van der Waals surface area (Å²) >= 11 is 0.